The third-order valence-electron chi connectivity index (χ3n) is 4.83. The zero-order chi connectivity index (χ0) is 18.1. The SMILES string of the molecule is Cc1ccc(-c2cc([C@H]3CCCN(C(=O)c4ccc(F)cc4)C3)[nH]n2)o1. The Labute approximate surface area is 150 Å². The summed E-state index contributed by atoms with van der Waals surface area (Å²) in [6.45, 7) is 3.23. The number of amides is 1. The average molecular weight is 353 g/mol. The summed E-state index contributed by atoms with van der Waals surface area (Å²) < 4.78 is 18.7. The maximum Gasteiger partial charge on any atom is 0.253 e. The van der Waals surface area contributed by atoms with Crippen molar-refractivity contribution in [2.24, 2.45) is 0 Å². The van der Waals surface area contributed by atoms with Crippen molar-refractivity contribution in [1.29, 1.82) is 0 Å². The van der Waals surface area contributed by atoms with Gasteiger partial charge >= 0.3 is 0 Å². The minimum Gasteiger partial charge on any atom is -0.460 e. The van der Waals surface area contributed by atoms with E-state index in [9.17, 15) is 9.18 Å². The number of nitrogens with one attached hydrogen (secondary N) is 1. The number of benzene rings is 1. The van der Waals surface area contributed by atoms with Crippen molar-refractivity contribution in [2.45, 2.75) is 25.7 Å². The highest BCUT2D eigenvalue weighted by Gasteiger charge is 2.27. The van der Waals surface area contributed by atoms with E-state index in [2.05, 4.69) is 10.2 Å². The van der Waals surface area contributed by atoms with Gasteiger partial charge in [0.15, 0.2) is 5.76 Å². The lowest BCUT2D eigenvalue weighted by atomic mass is 9.94. The Balaban J connectivity index is 1.49. The van der Waals surface area contributed by atoms with Gasteiger partial charge in [-0.25, -0.2) is 4.39 Å². The highest BCUT2D eigenvalue weighted by Crippen LogP contribution is 2.29. The van der Waals surface area contributed by atoms with Gasteiger partial charge in [0, 0.05) is 30.3 Å². The maximum absolute atomic E-state index is 13.1. The van der Waals surface area contributed by atoms with Crippen molar-refractivity contribution in [3.63, 3.8) is 0 Å². The summed E-state index contributed by atoms with van der Waals surface area (Å²) >= 11 is 0. The zero-order valence-corrected chi connectivity index (χ0v) is 14.5. The molecule has 26 heavy (non-hydrogen) atoms. The molecule has 0 aliphatic carbocycles. The smallest absolute Gasteiger partial charge is 0.253 e. The molecule has 1 saturated heterocycles. The van der Waals surface area contributed by atoms with Crippen molar-refractivity contribution < 1.29 is 13.6 Å². The first-order valence-corrected chi connectivity index (χ1v) is 8.77. The van der Waals surface area contributed by atoms with Gasteiger partial charge in [0.1, 0.15) is 17.3 Å². The molecule has 1 aliphatic heterocycles. The number of rotatable bonds is 3. The van der Waals surface area contributed by atoms with Gasteiger partial charge in [-0.15, -0.1) is 0 Å². The summed E-state index contributed by atoms with van der Waals surface area (Å²) in [7, 11) is 0. The minimum absolute atomic E-state index is 0.0592. The molecule has 0 saturated carbocycles. The largest absolute Gasteiger partial charge is 0.460 e. The molecular weight excluding hydrogens is 333 g/mol. The van der Waals surface area contributed by atoms with Gasteiger partial charge < -0.3 is 9.32 Å². The molecule has 0 radical (unpaired) electrons. The number of piperidine rings is 1. The second-order valence-electron chi connectivity index (χ2n) is 6.72. The Bertz CT molecular complexity index is 913. The number of H-pyrrole nitrogens is 1. The molecule has 1 amide bonds. The quantitative estimate of drug-likeness (QED) is 0.770. The number of hydrogen-bond acceptors (Lipinski definition) is 3. The lowest BCUT2D eigenvalue weighted by molar-refractivity contribution is 0.0706. The van der Waals surface area contributed by atoms with Crippen molar-refractivity contribution in [3.8, 4) is 11.5 Å². The highest BCUT2D eigenvalue weighted by atomic mass is 19.1. The molecule has 6 heteroatoms. The maximum atomic E-state index is 13.1. The van der Waals surface area contributed by atoms with E-state index in [0.29, 0.717) is 18.7 Å². The van der Waals surface area contributed by atoms with E-state index in [1.54, 1.807) is 0 Å². The molecule has 2 aromatic heterocycles. The first kappa shape index (κ1) is 16.6. The van der Waals surface area contributed by atoms with Crippen LogP contribution in [0, 0.1) is 12.7 Å². The van der Waals surface area contributed by atoms with Gasteiger partial charge in [-0.2, -0.15) is 5.10 Å². The molecule has 0 spiro atoms. The van der Waals surface area contributed by atoms with Crippen molar-refractivity contribution in [3.05, 3.63) is 65.3 Å². The number of likely N-dealkylation sites (tertiary alicyclic amines) is 1. The number of aromatic nitrogens is 2. The van der Waals surface area contributed by atoms with E-state index in [0.717, 1.165) is 35.7 Å². The summed E-state index contributed by atoms with van der Waals surface area (Å²) in [5.74, 6) is 1.39. The molecule has 1 atom stereocenters. The number of aryl methyl sites for hydroxylation is 1. The van der Waals surface area contributed by atoms with Gasteiger partial charge in [0.05, 0.1) is 0 Å². The second kappa shape index (κ2) is 6.78. The normalized spacial score (nSPS) is 17.5. The molecule has 1 fully saturated rings. The predicted molar refractivity (Wildman–Crippen MR) is 95.3 cm³/mol. The average Bonchev–Trinajstić information content (AvgIpc) is 3.31. The Kier molecular flexibility index (Phi) is 4.32. The molecule has 134 valence electrons. The van der Waals surface area contributed by atoms with Gasteiger partial charge in [-0.05, 0) is 62.2 Å². The Morgan fingerprint density at radius 2 is 2.08 bits per heavy atom. The third kappa shape index (κ3) is 3.27. The van der Waals surface area contributed by atoms with Crippen LogP contribution in [0.25, 0.3) is 11.5 Å². The summed E-state index contributed by atoms with van der Waals surface area (Å²) in [6.07, 6.45) is 1.91. The fraction of sp³-hybridized carbons (Fsp3) is 0.300. The van der Waals surface area contributed by atoms with Crippen molar-refractivity contribution in [1.82, 2.24) is 15.1 Å². The fourth-order valence-electron chi connectivity index (χ4n) is 3.43. The minimum atomic E-state index is -0.337. The first-order valence-electron chi connectivity index (χ1n) is 8.77. The fourth-order valence-corrected chi connectivity index (χ4v) is 3.43. The Morgan fingerprint density at radius 1 is 1.27 bits per heavy atom. The summed E-state index contributed by atoms with van der Waals surface area (Å²) in [6, 6.07) is 11.5. The highest BCUT2D eigenvalue weighted by molar-refractivity contribution is 5.94. The number of furan rings is 1. The molecule has 4 rings (SSSR count). The van der Waals surface area contributed by atoms with E-state index >= 15 is 0 Å². The van der Waals surface area contributed by atoms with Crippen LogP contribution in [0.3, 0.4) is 0 Å². The number of nitrogens with zero attached hydrogens (tertiary/aromatic N) is 2. The van der Waals surface area contributed by atoms with E-state index in [4.69, 9.17) is 4.42 Å². The van der Waals surface area contributed by atoms with Crippen molar-refractivity contribution in [2.75, 3.05) is 13.1 Å². The standard InChI is InChI=1S/C20H20FN3O2/c1-13-4-9-19(26-13)18-11-17(22-23-18)15-3-2-10-24(12-15)20(25)14-5-7-16(21)8-6-14/h4-9,11,15H,2-3,10,12H2,1H3,(H,22,23)/t15-/m0/s1. The van der Waals surface area contributed by atoms with Gasteiger partial charge in [-0.1, -0.05) is 0 Å². The third-order valence-corrected chi connectivity index (χ3v) is 4.83. The van der Waals surface area contributed by atoms with E-state index in [-0.39, 0.29) is 17.6 Å². The lowest BCUT2D eigenvalue weighted by Gasteiger charge is -2.32. The van der Waals surface area contributed by atoms with Crippen LogP contribution >= 0.6 is 0 Å². The number of aromatic amines is 1. The van der Waals surface area contributed by atoms with E-state index < -0.39 is 0 Å². The molecule has 0 unspecified atom stereocenters. The predicted octanol–water partition coefficient (Wildman–Crippen LogP) is 4.14. The van der Waals surface area contributed by atoms with Gasteiger partial charge in [0.2, 0.25) is 0 Å². The second-order valence-corrected chi connectivity index (χ2v) is 6.72. The monoisotopic (exact) mass is 353 g/mol. The zero-order valence-electron chi connectivity index (χ0n) is 14.5. The Hall–Kier alpha value is -2.89. The molecule has 1 aliphatic rings. The van der Waals surface area contributed by atoms with Crippen molar-refractivity contribution >= 4 is 5.91 Å². The molecule has 5 nitrogen and oxygen atoms in total. The molecular formula is C20H20FN3O2. The van der Waals surface area contributed by atoms with Gasteiger partial charge in [-0.3, -0.25) is 9.89 Å². The summed E-state index contributed by atoms with van der Waals surface area (Å²) in [5, 5.41) is 7.44. The van der Waals surface area contributed by atoms with Crippen LogP contribution in [0.15, 0.2) is 46.9 Å². The molecule has 1 N–H and O–H groups in total. The Morgan fingerprint density at radius 3 is 2.81 bits per heavy atom. The topological polar surface area (TPSA) is 62.1 Å². The van der Waals surface area contributed by atoms with E-state index in [1.807, 2.05) is 30.0 Å². The van der Waals surface area contributed by atoms with Crippen LogP contribution in [-0.2, 0) is 0 Å². The molecule has 3 aromatic rings. The van der Waals surface area contributed by atoms with Crippen LogP contribution in [0.4, 0.5) is 4.39 Å². The van der Waals surface area contributed by atoms with Crippen LogP contribution in [0.2, 0.25) is 0 Å². The number of carbonyl (C=O) groups excluding carboxylic acids is 1. The van der Waals surface area contributed by atoms with Crippen LogP contribution in [-0.4, -0.2) is 34.1 Å². The van der Waals surface area contributed by atoms with Crippen LogP contribution in [0.1, 0.15) is 40.6 Å². The number of carbonyl (C=O) groups is 1. The number of halogens is 1. The lowest BCUT2D eigenvalue weighted by Crippen LogP contribution is -2.39. The summed E-state index contributed by atoms with van der Waals surface area (Å²) in [4.78, 5) is 14.5. The van der Waals surface area contributed by atoms with Gasteiger partial charge in [0.25, 0.3) is 5.91 Å². The molecule has 1 aromatic carbocycles. The van der Waals surface area contributed by atoms with E-state index in [1.165, 1.54) is 24.3 Å². The molecule has 0 bridgehead atoms. The van der Waals surface area contributed by atoms with Crippen LogP contribution in [0.5, 0.6) is 0 Å². The number of hydrogen-bond donors (Lipinski definition) is 1. The summed E-state index contributed by atoms with van der Waals surface area (Å²) in [5.41, 5.74) is 2.30. The van der Waals surface area contributed by atoms with Crippen LogP contribution < -0.4 is 0 Å². The first-order chi connectivity index (χ1) is 12.6. The molecule has 3 heterocycles.